The lowest BCUT2D eigenvalue weighted by Gasteiger charge is -2.45. The van der Waals surface area contributed by atoms with Crippen molar-refractivity contribution >= 4 is 62.6 Å². The first kappa shape index (κ1) is 26.6. The van der Waals surface area contributed by atoms with E-state index in [4.69, 9.17) is 16.3 Å². The second-order valence-electron chi connectivity index (χ2n) is 10.5. The summed E-state index contributed by atoms with van der Waals surface area (Å²) in [5, 5.41) is 2.93. The summed E-state index contributed by atoms with van der Waals surface area (Å²) >= 11 is 9.48. The van der Waals surface area contributed by atoms with Crippen LogP contribution < -0.4 is 10.2 Å². The number of benzene rings is 4. The number of nitrogens with one attached hydrogen (secondary N) is 1. The third kappa shape index (κ3) is 4.08. The van der Waals surface area contributed by atoms with E-state index in [1.807, 2.05) is 48.5 Å². The van der Waals surface area contributed by atoms with E-state index >= 15 is 0 Å². The molecule has 2 atom stereocenters. The fraction of sp³-hybridized carbons (Fsp3) is 0.152. The van der Waals surface area contributed by atoms with Crippen LogP contribution in [0.3, 0.4) is 0 Å². The van der Waals surface area contributed by atoms with E-state index in [0.717, 1.165) is 31.6 Å². The molecule has 2 bridgehead atoms. The number of carbonyl (C=O) groups is 4. The van der Waals surface area contributed by atoms with Crippen molar-refractivity contribution in [3.8, 4) is 0 Å². The van der Waals surface area contributed by atoms with Crippen molar-refractivity contribution in [2.75, 3.05) is 16.8 Å². The molecule has 0 unspecified atom stereocenters. The van der Waals surface area contributed by atoms with E-state index in [0.29, 0.717) is 10.7 Å². The summed E-state index contributed by atoms with van der Waals surface area (Å²) in [5.74, 6) is -3.79. The number of imide groups is 1. The molecule has 3 amide bonds. The molecule has 1 saturated heterocycles. The summed E-state index contributed by atoms with van der Waals surface area (Å²) in [6.45, 7) is -0.582. The van der Waals surface area contributed by atoms with Gasteiger partial charge in [-0.25, -0.2) is 9.69 Å². The number of hydrogen-bond donors (Lipinski definition) is 1. The van der Waals surface area contributed by atoms with Crippen LogP contribution in [0.5, 0.6) is 0 Å². The molecule has 0 saturated carbocycles. The standard InChI is InChI=1S/C33H22BrClN2O5/c34-17-13-14-24(23(35)15-17)36-26(38)16-42-33(41)22-11-5-6-12-25(22)37-31(39)29-27-18-7-1-2-8-19(18)28(30(29)32(37)40)21-10-4-3-9-20(21)27/h1-15,27-30H,16H2,(H,36,38)/t27?,28?,29-,30-/m1/s1. The fourth-order valence-electron chi connectivity index (χ4n) is 6.74. The Labute approximate surface area is 254 Å². The van der Waals surface area contributed by atoms with Crippen molar-refractivity contribution in [3.05, 3.63) is 128 Å². The largest absolute Gasteiger partial charge is 0.452 e. The number of amides is 3. The maximum atomic E-state index is 14.1. The third-order valence-electron chi connectivity index (χ3n) is 8.35. The number of ether oxygens (including phenoxy) is 1. The number of para-hydroxylation sites is 1. The Morgan fingerprint density at radius 2 is 1.31 bits per heavy atom. The highest BCUT2D eigenvalue weighted by molar-refractivity contribution is 9.10. The van der Waals surface area contributed by atoms with Crippen LogP contribution in [0.15, 0.2) is 95.5 Å². The molecule has 8 rings (SSSR count). The van der Waals surface area contributed by atoms with Crippen LogP contribution in [0.4, 0.5) is 11.4 Å². The molecule has 4 aliphatic rings. The van der Waals surface area contributed by atoms with Gasteiger partial charge in [0.05, 0.1) is 33.8 Å². The number of anilines is 2. The van der Waals surface area contributed by atoms with E-state index in [-0.39, 0.29) is 34.9 Å². The Morgan fingerprint density at radius 3 is 1.86 bits per heavy atom. The molecule has 4 aromatic carbocycles. The van der Waals surface area contributed by atoms with Gasteiger partial charge in [0.2, 0.25) is 11.8 Å². The molecule has 9 heteroatoms. The predicted octanol–water partition coefficient (Wildman–Crippen LogP) is 6.29. The minimum absolute atomic E-state index is 0.0229. The highest BCUT2D eigenvalue weighted by Crippen LogP contribution is 2.61. The highest BCUT2D eigenvalue weighted by atomic mass is 79.9. The lowest BCUT2D eigenvalue weighted by Crippen LogP contribution is -2.41. The lowest BCUT2D eigenvalue weighted by atomic mass is 9.55. The molecule has 3 aliphatic carbocycles. The van der Waals surface area contributed by atoms with Crippen LogP contribution in [-0.2, 0) is 19.1 Å². The van der Waals surface area contributed by atoms with Crippen molar-refractivity contribution < 1.29 is 23.9 Å². The normalized spacial score (nSPS) is 21.4. The van der Waals surface area contributed by atoms with Gasteiger partial charge < -0.3 is 10.1 Å². The van der Waals surface area contributed by atoms with Crippen molar-refractivity contribution in [2.45, 2.75) is 11.8 Å². The summed E-state index contributed by atoms with van der Waals surface area (Å²) in [6, 6.07) is 27.3. The van der Waals surface area contributed by atoms with E-state index in [1.165, 1.54) is 6.07 Å². The van der Waals surface area contributed by atoms with Gasteiger partial charge in [-0.15, -0.1) is 0 Å². The number of rotatable bonds is 5. The summed E-state index contributed by atoms with van der Waals surface area (Å²) in [4.78, 5) is 55.2. The zero-order valence-corrected chi connectivity index (χ0v) is 24.3. The molecule has 208 valence electrons. The van der Waals surface area contributed by atoms with Crippen LogP contribution in [0, 0.1) is 11.8 Å². The average Bonchev–Trinajstić information content (AvgIpc) is 3.27. The van der Waals surface area contributed by atoms with Gasteiger partial charge in [-0.05, 0) is 52.6 Å². The average molecular weight is 642 g/mol. The molecule has 4 aromatic rings. The second-order valence-corrected chi connectivity index (χ2v) is 11.9. The molecule has 1 fully saturated rings. The third-order valence-corrected chi connectivity index (χ3v) is 9.16. The zero-order chi connectivity index (χ0) is 29.1. The first-order chi connectivity index (χ1) is 20.3. The van der Waals surface area contributed by atoms with Crippen LogP contribution in [0.25, 0.3) is 0 Å². The topological polar surface area (TPSA) is 92.8 Å². The number of hydrogen-bond acceptors (Lipinski definition) is 5. The summed E-state index contributed by atoms with van der Waals surface area (Å²) < 4.78 is 6.07. The van der Waals surface area contributed by atoms with Crippen molar-refractivity contribution in [1.29, 1.82) is 0 Å². The van der Waals surface area contributed by atoms with Gasteiger partial charge >= 0.3 is 5.97 Å². The minimum atomic E-state index is -0.826. The predicted molar refractivity (Wildman–Crippen MR) is 161 cm³/mol. The number of carbonyl (C=O) groups excluding carboxylic acids is 4. The molecule has 0 aromatic heterocycles. The molecule has 0 spiro atoms. The number of esters is 1. The maximum absolute atomic E-state index is 14.1. The monoisotopic (exact) mass is 640 g/mol. The van der Waals surface area contributed by atoms with Crippen LogP contribution >= 0.6 is 27.5 Å². The number of nitrogens with zero attached hydrogens (tertiary/aromatic N) is 1. The Bertz CT molecular complexity index is 1710. The van der Waals surface area contributed by atoms with Crippen molar-refractivity contribution in [2.24, 2.45) is 11.8 Å². The Morgan fingerprint density at radius 1 is 0.786 bits per heavy atom. The Balaban J connectivity index is 1.17. The van der Waals surface area contributed by atoms with Crippen LogP contribution in [-0.4, -0.2) is 30.3 Å². The summed E-state index contributed by atoms with van der Waals surface area (Å²) in [7, 11) is 0. The van der Waals surface area contributed by atoms with Gasteiger partial charge in [-0.2, -0.15) is 0 Å². The van der Waals surface area contributed by atoms with E-state index in [1.54, 1.807) is 36.4 Å². The molecule has 7 nitrogen and oxygen atoms in total. The van der Waals surface area contributed by atoms with Gasteiger partial charge in [0.15, 0.2) is 6.61 Å². The minimum Gasteiger partial charge on any atom is -0.452 e. The van der Waals surface area contributed by atoms with Gasteiger partial charge in [0, 0.05) is 16.3 Å². The van der Waals surface area contributed by atoms with Gasteiger partial charge in [0.1, 0.15) is 0 Å². The van der Waals surface area contributed by atoms with E-state index in [9.17, 15) is 19.2 Å². The first-order valence-corrected chi connectivity index (χ1v) is 14.6. The van der Waals surface area contributed by atoms with Gasteiger partial charge in [-0.3, -0.25) is 14.4 Å². The van der Waals surface area contributed by atoms with Crippen LogP contribution in [0.2, 0.25) is 5.02 Å². The molecule has 1 heterocycles. The fourth-order valence-corrected chi connectivity index (χ4v) is 7.46. The first-order valence-electron chi connectivity index (χ1n) is 13.4. The molecular weight excluding hydrogens is 620 g/mol. The maximum Gasteiger partial charge on any atom is 0.340 e. The van der Waals surface area contributed by atoms with Crippen molar-refractivity contribution in [1.82, 2.24) is 0 Å². The zero-order valence-electron chi connectivity index (χ0n) is 21.9. The van der Waals surface area contributed by atoms with Crippen LogP contribution in [0.1, 0.15) is 44.4 Å². The molecule has 1 N–H and O–H groups in total. The smallest absolute Gasteiger partial charge is 0.340 e. The molecular formula is C33H22BrClN2O5. The molecule has 0 radical (unpaired) electrons. The van der Waals surface area contributed by atoms with Crippen molar-refractivity contribution in [3.63, 3.8) is 0 Å². The summed E-state index contributed by atoms with van der Waals surface area (Å²) in [5.41, 5.74) is 4.80. The van der Waals surface area contributed by atoms with E-state index < -0.39 is 30.3 Å². The quantitative estimate of drug-likeness (QED) is 0.204. The number of halogens is 2. The molecule has 1 aliphatic heterocycles. The SMILES string of the molecule is O=C(COC(=O)c1ccccc1N1C(=O)[C@@H]2C3c4ccccc4C(c4ccccc43)[C@H]2C1=O)Nc1ccc(Br)cc1Cl. The highest BCUT2D eigenvalue weighted by Gasteiger charge is 2.62. The lowest BCUT2D eigenvalue weighted by molar-refractivity contribution is -0.122. The van der Waals surface area contributed by atoms with E-state index in [2.05, 4.69) is 21.2 Å². The Hall–Kier alpha value is -4.27. The second kappa shape index (κ2) is 10.2. The van der Waals surface area contributed by atoms with Gasteiger partial charge in [0.25, 0.3) is 5.91 Å². The Kier molecular flexibility index (Phi) is 6.48. The summed E-state index contributed by atoms with van der Waals surface area (Å²) in [6.07, 6.45) is 0. The molecule has 42 heavy (non-hydrogen) atoms. The van der Waals surface area contributed by atoms with Gasteiger partial charge in [-0.1, -0.05) is 88.2 Å².